The Kier molecular flexibility index (Phi) is 4.11. The third kappa shape index (κ3) is 2.98. The first-order valence-corrected chi connectivity index (χ1v) is 11.6. The van der Waals surface area contributed by atoms with Crippen molar-refractivity contribution in [2.75, 3.05) is 13.2 Å². The summed E-state index contributed by atoms with van der Waals surface area (Å²) in [5.41, 5.74) is 4.70. The van der Waals surface area contributed by atoms with Crippen molar-refractivity contribution in [3.63, 3.8) is 0 Å². The fraction of sp³-hybridized carbons (Fsp3) is 0.407. The van der Waals surface area contributed by atoms with E-state index in [2.05, 4.69) is 29.8 Å². The van der Waals surface area contributed by atoms with Gasteiger partial charge in [-0.25, -0.2) is 0 Å². The van der Waals surface area contributed by atoms with Crippen LogP contribution in [0.1, 0.15) is 65.1 Å². The Hall–Kier alpha value is -3.08. The van der Waals surface area contributed by atoms with Gasteiger partial charge >= 0.3 is 0 Å². The molecule has 1 aliphatic carbocycles. The van der Waals surface area contributed by atoms with E-state index < -0.39 is 0 Å². The second-order valence-corrected chi connectivity index (χ2v) is 10.6. The Balaban J connectivity index is 1.33. The first-order chi connectivity index (χ1) is 15.3. The van der Waals surface area contributed by atoms with Gasteiger partial charge in [-0.1, -0.05) is 38.1 Å². The summed E-state index contributed by atoms with van der Waals surface area (Å²) in [5.74, 6) is 1.01. The van der Waals surface area contributed by atoms with E-state index in [1.807, 2.05) is 36.4 Å². The second kappa shape index (κ2) is 6.71. The van der Waals surface area contributed by atoms with Crippen LogP contribution in [0, 0.1) is 5.41 Å². The van der Waals surface area contributed by atoms with Crippen LogP contribution < -0.4 is 10.1 Å². The number of fused-ring (bicyclic) bond motifs is 5. The predicted molar refractivity (Wildman–Crippen MR) is 124 cm³/mol. The van der Waals surface area contributed by atoms with E-state index in [0.29, 0.717) is 24.2 Å². The molecule has 3 aliphatic rings. The number of nitrogens with one attached hydrogen (secondary N) is 1. The maximum atomic E-state index is 13.2. The number of hydrogen-bond acceptors (Lipinski definition) is 3. The molecule has 0 radical (unpaired) electrons. The van der Waals surface area contributed by atoms with E-state index in [1.54, 1.807) is 0 Å². The zero-order valence-electron chi connectivity index (χ0n) is 18.7. The molecule has 1 N–H and O–H groups in total. The molecule has 0 atom stereocenters. The van der Waals surface area contributed by atoms with Gasteiger partial charge in [0.05, 0.1) is 12.1 Å². The van der Waals surface area contributed by atoms with Gasteiger partial charge in [0.25, 0.3) is 5.91 Å². The number of nitrogens with zero attached hydrogens (tertiary/aromatic N) is 1. The number of benzene rings is 2. The van der Waals surface area contributed by atoms with Gasteiger partial charge in [0, 0.05) is 34.8 Å². The van der Waals surface area contributed by atoms with Gasteiger partial charge in [0.2, 0.25) is 0 Å². The van der Waals surface area contributed by atoms with Crippen molar-refractivity contribution in [3.8, 4) is 5.75 Å². The number of carbonyl (C=O) groups excluding carboxylic acids is 2. The van der Waals surface area contributed by atoms with Gasteiger partial charge in [0.15, 0.2) is 5.78 Å². The van der Waals surface area contributed by atoms with Gasteiger partial charge < -0.3 is 14.6 Å². The number of aromatic nitrogens is 1. The minimum Gasteiger partial charge on any atom is -0.493 e. The maximum absolute atomic E-state index is 13.2. The number of hydrogen-bond donors (Lipinski definition) is 1. The lowest BCUT2D eigenvalue weighted by Gasteiger charge is -2.47. The van der Waals surface area contributed by atoms with E-state index in [4.69, 9.17) is 4.74 Å². The Morgan fingerprint density at radius 3 is 2.75 bits per heavy atom. The van der Waals surface area contributed by atoms with Crippen molar-refractivity contribution in [2.45, 2.75) is 51.5 Å². The van der Waals surface area contributed by atoms with Gasteiger partial charge in [-0.3, -0.25) is 9.59 Å². The molecule has 3 heterocycles. The largest absolute Gasteiger partial charge is 0.493 e. The minimum absolute atomic E-state index is 0.0224. The number of rotatable bonds is 3. The van der Waals surface area contributed by atoms with E-state index in [0.717, 1.165) is 48.1 Å². The summed E-state index contributed by atoms with van der Waals surface area (Å²) < 4.78 is 8.11. The molecule has 0 saturated heterocycles. The highest BCUT2D eigenvalue weighted by molar-refractivity contribution is 6.04. The molecule has 6 rings (SSSR count). The normalized spacial score (nSPS) is 20.1. The summed E-state index contributed by atoms with van der Waals surface area (Å²) >= 11 is 0. The van der Waals surface area contributed by atoms with Crippen LogP contribution in [0.3, 0.4) is 0 Å². The standard InChI is InChI=1S/C27H28N2O3/c1-26(2)14-20-10-17(4-7-24(20)32-16-26)11-23(30)19-6-5-18-12-22-25(31)28-15-27(8-3-9-27)29(22)21(18)13-19/h4-7,10,12-13H,3,8-9,11,14-16H2,1-2H3,(H,28,31). The van der Waals surface area contributed by atoms with Crippen LogP contribution in [0.5, 0.6) is 5.75 Å². The first kappa shape index (κ1) is 19.6. The van der Waals surface area contributed by atoms with E-state index in [1.165, 1.54) is 12.0 Å². The lowest BCUT2D eigenvalue weighted by molar-refractivity contribution is 0.0763. The fourth-order valence-electron chi connectivity index (χ4n) is 5.60. The Morgan fingerprint density at radius 2 is 1.97 bits per heavy atom. The van der Waals surface area contributed by atoms with Crippen molar-refractivity contribution in [3.05, 3.63) is 64.8 Å². The summed E-state index contributed by atoms with van der Waals surface area (Å²) in [6.07, 6.45) is 4.62. The maximum Gasteiger partial charge on any atom is 0.268 e. The van der Waals surface area contributed by atoms with Gasteiger partial charge in [0.1, 0.15) is 11.4 Å². The SMILES string of the molecule is CC1(C)COc2ccc(CC(=O)c3ccc4cc5n(c4c3)C3(CCC3)CNC5=O)cc2C1. The number of amides is 1. The van der Waals surface area contributed by atoms with Crippen LogP contribution in [-0.2, 0) is 18.4 Å². The zero-order valence-corrected chi connectivity index (χ0v) is 18.7. The molecule has 1 amide bonds. The van der Waals surface area contributed by atoms with Crippen LogP contribution in [0.2, 0.25) is 0 Å². The lowest BCUT2D eigenvalue weighted by atomic mass is 9.75. The topological polar surface area (TPSA) is 60.3 Å². The minimum atomic E-state index is -0.0298. The molecule has 2 aliphatic heterocycles. The van der Waals surface area contributed by atoms with Crippen molar-refractivity contribution in [1.29, 1.82) is 0 Å². The van der Waals surface area contributed by atoms with Crippen LogP contribution in [0.25, 0.3) is 10.9 Å². The average Bonchev–Trinajstić information content (AvgIpc) is 3.12. The van der Waals surface area contributed by atoms with E-state index >= 15 is 0 Å². The number of carbonyl (C=O) groups is 2. The highest BCUT2D eigenvalue weighted by atomic mass is 16.5. The molecule has 1 saturated carbocycles. The third-order valence-corrected chi connectivity index (χ3v) is 7.47. The summed E-state index contributed by atoms with van der Waals surface area (Å²) in [7, 11) is 0. The Bertz CT molecular complexity index is 1280. The molecule has 1 spiro atoms. The highest BCUT2D eigenvalue weighted by Crippen LogP contribution is 2.44. The molecule has 5 heteroatoms. The van der Waals surface area contributed by atoms with Crippen LogP contribution >= 0.6 is 0 Å². The van der Waals surface area contributed by atoms with Crippen molar-refractivity contribution in [2.24, 2.45) is 5.41 Å². The van der Waals surface area contributed by atoms with Crippen molar-refractivity contribution in [1.82, 2.24) is 9.88 Å². The molecule has 2 aromatic carbocycles. The molecule has 0 unspecified atom stereocenters. The number of Topliss-reactive ketones (excluding diaryl/α,β-unsaturated/α-hetero) is 1. The molecular weight excluding hydrogens is 400 g/mol. The summed E-state index contributed by atoms with van der Waals surface area (Å²) in [6, 6.07) is 14.0. The number of ether oxygens (including phenoxy) is 1. The predicted octanol–water partition coefficient (Wildman–Crippen LogP) is 4.65. The van der Waals surface area contributed by atoms with E-state index in [-0.39, 0.29) is 22.6 Å². The van der Waals surface area contributed by atoms with Crippen molar-refractivity contribution >= 4 is 22.6 Å². The molecule has 3 aromatic rings. The molecule has 0 bridgehead atoms. The van der Waals surface area contributed by atoms with Gasteiger partial charge in [-0.15, -0.1) is 0 Å². The molecule has 1 fully saturated rings. The monoisotopic (exact) mass is 428 g/mol. The van der Waals surface area contributed by atoms with Crippen LogP contribution in [0.4, 0.5) is 0 Å². The Labute approximate surface area is 187 Å². The molecule has 164 valence electrons. The lowest BCUT2D eigenvalue weighted by Crippen LogP contribution is -2.55. The van der Waals surface area contributed by atoms with Gasteiger partial charge in [-0.2, -0.15) is 0 Å². The van der Waals surface area contributed by atoms with Crippen molar-refractivity contribution < 1.29 is 14.3 Å². The summed E-state index contributed by atoms with van der Waals surface area (Å²) in [4.78, 5) is 25.7. The summed E-state index contributed by atoms with van der Waals surface area (Å²) in [5, 5.41) is 4.08. The van der Waals surface area contributed by atoms with Crippen LogP contribution in [-0.4, -0.2) is 29.4 Å². The molecular formula is C27H28N2O3. The molecule has 1 aromatic heterocycles. The smallest absolute Gasteiger partial charge is 0.268 e. The van der Waals surface area contributed by atoms with Crippen LogP contribution in [0.15, 0.2) is 42.5 Å². The molecule has 32 heavy (non-hydrogen) atoms. The third-order valence-electron chi connectivity index (χ3n) is 7.47. The Morgan fingerprint density at radius 1 is 1.12 bits per heavy atom. The first-order valence-electron chi connectivity index (χ1n) is 11.6. The second-order valence-electron chi connectivity index (χ2n) is 10.6. The van der Waals surface area contributed by atoms with Gasteiger partial charge in [-0.05, 0) is 55.0 Å². The summed E-state index contributed by atoms with van der Waals surface area (Å²) in [6.45, 7) is 5.81. The molecule has 5 nitrogen and oxygen atoms in total. The fourth-order valence-corrected chi connectivity index (χ4v) is 5.60. The number of ketones is 1. The zero-order chi connectivity index (χ0) is 22.1. The average molecular weight is 429 g/mol. The van der Waals surface area contributed by atoms with E-state index in [9.17, 15) is 9.59 Å². The quantitative estimate of drug-likeness (QED) is 0.618. The highest BCUT2D eigenvalue weighted by Gasteiger charge is 2.44.